The lowest BCUT2D eigenvalue weighted by Gasteiger charge is -2.18. The number of ether oxygens (including phenoxy) is 2. The maximum Gasteiger partial charge on any atom is 0.339 e. The van der Waals surface area contributed by atoms with Crippen molar-refractivity contribution in [3.63, 3.8) is 0 Å². The molecule has 0 radical (unpaired) electrons. The smallest absolute Gasteiger partial charge is 0.339 e. The van der Waals surface area contributed by atoms with Crippen molar-refractivity contribution in [3.8, 4) is 0 Å². The summed E-state index contributed by atoms with van der Waals surface area (Å²) in [6, 6.07) is 0. The Morgan fingerprint density at radius 1 is 1.25 bits per heavy atom. The fourth-order valence-electron chi connectivity index (χ4n) is 3.12. The van der Waals surface area contributed by atoms with E-state index in [0.29, 0.717) is 12.0 Å². The molecule has 2 unspecified atom stereocenters. The van der Waals surface area contributed by atoms with Gasteiger partial charge in [0.15, 0.2) is 0 Å². The highest BCUT2D eigenvalue weighted by atomic mass is 16.6. The summed E-state index contributed by atoms with van der Waals surface area (Å²) in [5, 5.41) is 1.13. The van der Waals surface area contributed by atoms with Crippen molar-refractivity contribution in [1.82, 2.24) is 0 Å². The highest BCUT2D eigenvalue weighted by molar-refractivity contribution is 5.43. The van der Waals surface area contributed by atoms with Crippen LogP contribution in [0.5, 0.6) is 0 Å². The van der Waals surface area contributed by atoms with Gasteiger partial charge in [0.1, 0.15) is 11.5 Å². The van der Waals surface area contributed by atoms with E-state index in [1.807, 2.05) is 6.08 Å². The van der Waals surface area contributed by atoms with Gasteiger partial charge < -0.3 is 13.9 Å². The number of hydrogen-bond acceptors (Lipinski definition) is 4. The fourth-order valence-corrected chi connectivity index (χ4v) is 3.12. The molecule has 0 amide bonds. The Balaban J connectivity index is 1.71. The molecule has 4 rings (SSSR count). The quantitative estimate of drug-likeness (QED) is 0.742. The van der Waals surface area contributed by atoms with E-state index in [0.717, 1.165) is 49.5 Å². The molecule has 0 N–H and O–H groups in total. The highest BCUT2D eigenvalue weighted by Gasteiger charge is 2.25. The van der Waals surface area contributed by atoms with Crippen molar-refractivity contribution >= 4 is 12.2 Å². The van der Waals surface area contributed by atoms with Crippen molar-refractivity contribution < 1.29 is 13.9 Å². The van der Waals surface area contributed by atoms with Gasteiger partial charge in [-0.1, -0.05) is 6.08 Å². The first-order chi connectivity index (χ1) is 9.81. The van der Waals surface area contributed by atoms with Crippen molar-refractivity contribution in [2.45, 2.75) is 44.3 Å². The predicted octanol–water partition coefficient (Wildman–Crippen LogP) is 0.267. The van der Waals surface area contributed by atoms with E-state index in [4.69, 9.17) is 13.9 Å². The molecule has 0 spiro atoms. The summed E-state index contributed by atoms with van der Waals surface area (Å²) >= 11 is 0. The van der Waals surface area contributed by atoms with Gasteiger partial charge >= 0.3 is 5.63 Å². The number of hydrogen-bond donors (Lipinski definition) is 0. The average Bonchev–Trinajstić information content (AvgIpc) is 3.29. The Morgan fingerprint density at radius 2 is 2.05 bits per heavy atom. The molecule has 0 saturated carbocycles. The summed E-state index contributed by atoms with van der Waals surface area (Å²) in [4.78, 5) is 12.1. The fraction of sp³-hybridized carbons (Fsp3) is 0.562. The van der Waals surface area contributed by atoms with Crippen LogP contribution in [0.1, 0.15) is 30.4 Å². The first-order valence-corrected chi connectivity index (χ1v) is 7.41. The Labute approximate surface area is 116 Å². The lowest BCUT2D eigenvalue weighted by atomic mass is 9.90. The average molecular weight is 274 g/mol. The van der Waals surface area contributed by atoms with Crippen molar-refractivity contribution in [3.05, 3.63) is 32.2 Å². The van der Waals surface area contributed by atoms with Crippen LogP contribution < -0.4 is 16.3 Å². The van der Waals surface area contributed by atoms with Gasteiger partial charge in [-0.05, 0) is 43.7 Å². The summed E-state index contributed by atoms with van der Waals surface area (Å²) in [5.74, 6) is 0. The van der Waals surface area contributed by atoms with Crippen LogP contribution in [0, 0.1) is 0 Å². The van der Waals surface area contributed by atoms with E-state index in [1.54, 1.807) is 0 Å². The zero-order valence-electron chi connectivity index (χ0n) is 11.4. The second-order valence-electron chi connectivity index (χ2n) is 5.77. The second kappa shape index (κ2) is 4.86. The van der Waals surface area contributed by atoms with Crippen LogP contribution in [0.3, 0.4) is 0 Å². The first kappa shape index (κ1) is 12.4. The van der Waals surface area contributed by atoms with Crippen molar-refractivity contribution in [2.24, 2.45) is 0 Å². The molecule has 1 aliphatic heterocycles. The van der Waals surface area contributed by atoms with E-state index in [9.17, 15) is 4.79 Å². The van der Waals surface area contributed by atoms with Crippen LogP contribution in [0.2, 0.25) is 0 Å². The maximum atomic E-state index is 12.1. The SMILES string of the molecule is O=c1oc2c(c3c1CCCC3)=CCC(OCC1CO1)C=2. The summed E-state index contributed by atoms with van der Waals surface area (Å²) in [6.07, 6.45) is 9.33. The Morgan fingerprint density at radius 3 is 2.85 bits per heavy atom. The summed E-state index contributed by atoms with van der Waals surface area (Å²) < 4.78 is 16.4. The van der Waals surface area contributed by atoms with E-state index >= 15 is 0 Å². The maximum absolute atomic E-state index is 12.1. The minimum Gasteiger partial charge on any atom is -0.423 e. The van der Waals surface area contributed by atoms with E-state index in [2.05, 4.69) is 6.08 Å². The lowest BCUT2D eigenvalue weighted by Crippen LogP contribution is -2.40. The molecule has 2 heterocycles. The molecule has 1 aromatic rings. The molecule has 1 saturated heterocycles. The molecule has 2 atom stereocenters. The van der Waals surface area contributed by atoms with Crippen LogP contribution in [0.4, 0.5) is 0 Å². The normalized spacial score (nSPS) is 27.0. The number of fused-ring (bicyclic) bond motifs is 3. The van der Waals surface area contributed by atoms with E-state index < -0.39 is 0 Å². The molecule has 1 aromatic heterocycles. The van der Waals surface area contributed by atoms with Gasteiger partial charge in [-0.15, -0.1) is 0 Å². The molecule has 20 heavy (non-hydrogen) atoms. The van der Waals surface area contributed by atoms with Crippen LogP contribution in [-0.2, 0) is 22.3 Å². The molecule has 4 heteroatoms. The molecular weight excluding hydrogens is 256 g/mol. The third-order valence-corrected chi connectivity index (χ3v) is 4.30. The van der Waals surface area contributed by atoms with E-state index in [-0.39, 0.29) is 17.8 Å². The molecule has 1 fully saturated rings. The molecule has 2 aliphatic carbocycles. The zero-order chi connectivity index (χ0) is 13.5. The topological polar surface area (TPSA) is 52.0 Å². The molecule has 106 valence electrons. The van der Waals surface area contributed by atoms with Crippen LogP contribution in [0.15, 0.2) is 9.21 Å². The third-order valence-electron chi connectivity index (χ3n) is 4.30. The molecule has 0 aromatic carbocycles. The standard InChI is InChI=1S/C16H18O4/c17-16-14-4-2-1-3-12(14)13-6-5-10(7-15(13)20-16)18-8-11-9-19-11/h6-7,10-11H,1-5,8-9H2. The second-order valence-corrected chi connectivity index (χ2v) is 5.77. The lowest BCUT2D eigenvalue weighted by molar-refractivity contribution is 0.0834. The molecular formula is C16H18O4. The van der Waals surface area contributed by atoms with Crippen LogP contribution in [0.25, 0.3) is 12.2 Å². The van der Waals surface area contributed by atoms with Crippen LogP contribution >= 0.6 is 0 Å². The molecule has 4 nitrogen and oxygen atoms in total. The Kier molecular flexibility index (Phi) is 3.00. The summed E-state index contributed by atoms with van der Waals surface area (Å²) in [7, 11) is 0. The minimum absolute atomic E-state index is 0.00325. The van der Waals surface area contributed by atoms with Gasteiger partial charge in [0.2, 0.25) is 0 Å². The largest absolute Gasteiger partial charge is 0.423 e. The molecule has 3 aliphatic rings. The third kappa shape index (κ3) is 2.23. The Hall–Kier alpha value is -1.39. The van der Waals surface area contributed by atoms with Gasteiger partial charge in [0.05, 0.1) is 19.3 Å². The van der Waals surface area contributed by atoms with E-state index in [1.165, 1.54) is 5.56 Å². The van der Waals surface area contributed by atoms with Crippen molar-refractivity contribution in [2.75, 3.05) is 13.2 Å². The first-order valence-electron chi connectivity index (χ1n) is 7.41. The van der Waals surface area contributed by atoms with Gasteiger partial charge in [-0.3, -0.25) is 0 Å². The zero-order valence-corrected chi connectivity index (χ0v) is 11.4. The Bertz CT molecular complexity index is 696. The van der Waals surface area contributed by atoms with Gasteiger partial charge in [-0.2, -0.15) is 0 Å². The summed E-state index contributed by atoms with van der Waals surface area (Å²) in [5.41, 5.74) is 2.64. The van der Waals surface area contributed by atoms with Crippen molar-refractivity contribution in [1.29, 1.82) is 0 Å². The van der Waals surface area contributed by atoms with Crippen LogP contribution in [-0.4, -0.2) is 25.4 Å². The van der Waals surface area contributed by atoms with Gasteiger partial charge in [0.25, 0.3) is 0 Å². The minimum atomic E-state index is -0.158. The highest BCUT2D eigenvalue weighted by Crippen LogP contribution is 2.16. The van der Waals surface area contributed by atoms with Gasteiger partial charge in [-0.25, -0.2) is 4.79 Å². The summed E-state index contributed by atoms with van der Waals surface area (Å²) in [6.45, 7) is 1.43. The van der Waals surface area contributed by atoms with Gasteiger partial charge in [0, 0.05) is 10.8 Å². The predicted molar refractivity (Wildman–Crippen MR) is 73.9 cm³/mol. The molecule has 0 bridgehead atoms. The number of rotatable bonds is 3. The number of epoxide rings is 1. The monoisotopic (exact) mass is 274 g/mol.